The van der Waals surface area contributed by atoms with Gasteiger partial charge in [0.15, 0.2) is 0 Å². The lowest BCUT2D eigenvalue weighted by Crippen LogP contribution is -2.43. The van der Waals surface area contributed by atoms with Gasteiger partial charge in [0.05, 0.1) is 29.0 Å². The van der Waals surface area contributed by atoms with Crippen molar-refractivity contribution in [3.05, 3.63) is 77.0 Å². The van der Waals surface area contributed by atoms with Crippen LogP contribution in [0.1, 0.15) is 42.8 Å². The predicted octanol–water partition coefficient (Wildman–Crippen LogP) is 4.38. The Labute approximate surface area is 219 Å². The normalized spacial score (nSPS) is 15.9. The molecule has 10 heteroatoms. The first-order chi connectivity index (χ1) is 17.6. The number of hydrogen-bond donors (Lipinski definition) is 1. The number of amides is 2. The number of carbonyl (C=O) groups is 2. The zero-order chi connectivity index (χ0) is 26.7. The zero-order valence-electron chi connectivity index (χ0n) is 21.3. The molecule has 196 valence electrons. The van der Waals surface area contributed by atoms with Gasteiger partial charge < -0.3 is 10.1 Å². The van der Waals surface area contributed by atoms with Gasteiger partial charge in [-0.15, -0.1) is 11.8 Å². The molecule has 1 N–H and O–H groups in total. The smallest absolute Gasteiger partial charge is 0.240 e. The number of ether oxygens (including phenoxy) is 1. The summed E-state index contributed by atoms with van der Waals surface area (Å²) in [7, 11) is 1.54. The van der Waals surface area contributed by atoms with Crippen LogP contribution in [0.5, 0.6) is 0 Å². The average molecular weight is 529 g/mol. The third-order valence-electron chi connectivity index (χ3n) is 5.95. The van der Waals surface area contributed by atoms with E-state index in [1.165, 1.54) is 48.0 Å². The van der Waals surface area contributed by atoms with Crippen LogP contribution in [0, 0.1) is 11.6 Å². The van der Waals surface area contributed by atoms with E-state index in [0.717, 1.165) is 5.56 Å². The molecule has 0 unspecified atom stereocenters. The fourth-order valence-corrected chi connectivity index (χ4v) is 5.45. The van der Waals surface area contributed by atoms with Crippen LogP contribution in [-0.2, 0) is 19.7 Å². The van der Waals surface area contributed by atoms with Gasteiger partial charge in [-0.3, -0.25) is 14.5 Å². The van der Waals surface area contributed by atoms with Gasteiger partial charge in [0.2, 0.25) is 11.8 Å². The van der Waals surface area contributed by atoms with Crippen molar-refractivity contribution in [2.75, 3.05) is 37.5 Å². The van der Waals surface area contributed by atoms with E-state index in [4.69, 9.17) is 9.84 Å². The summed E-state index contributed by atoms with van der Waals surface area (Å²) in [5.74, 6) is -0.925. The van der Waals surface area contributed by atoms with E-state index in [-0.39, 0.29) is 29.9 Å². The number of nitrogens with one attached hydrogen (secondary N) is 1. The summed E-state index contributed by atoms with van der Waals surface area (Å²) in [6.45, 7) is 6.42. The molecule has 3 aromatic rings. The molecule has 0 saturated heterocycles. The van der Waals surface area contributed by atoms with Gasteiger partial charge in [0.1, 0.15) is 24.0 Å². The minimum absolute atomic E-state index is 0.0776. The van der Waals surface area contributed by atoms with Crippen LogP contribution in [0.15, 0.2) is 48.5 Å². The third-order valence-corrected chi connectivity index (χ3v) is 7.21. The van der Waals surface area contributed by atoms with Crippen LogP contribution in [-0.4, -0.2) is 54.2 Å². The summed E-state index contributed by atoms with van der Waals surface area (Å²) in [4.78, 5) is 27.8. The Balaban J connectivity index is 1.95. The molecule has 0 aliphatic carbocycles. The molecule has 0 radical (unpaired) electrons. The number of fused-ring (bicyclic) bond motifs is 1. The highest BCUT2D eigenvalue weighted by Gasteiger charge is 2.40. The maximum absolute atomic E-state index is 14.3. The summed E-state index contributed by atoms with van der Waals surface area (Å²) in [6, 6.07) is 12.1. The molecule has 0 bridgehead atoms. The number of hydrogen-bond acceptors (Lipinski definition) is 5. The van der Waals surface area contributed by atoms with Crippen LogP contribution < -0.4 is 10.2 Å². The first-order valence-corrected chi connectivity index (χ1v) is 13.0. The Morgan fingerprint density at radius 1 is 1.16 bits per heavy atom. The van der Waals surface area contributed by atoms with Gasteiger partial charge in [0, 0.05) is 24.6 Å². The fraction of sp³-hybridized carbons (Fsp3) is 0.370. The van der Waals surface area contributed by atoms with E-state index in [0.29, 0.717) is 35.9 Å². The van der Waals surface area contributed by atoms with Crippen molar-refractivity contribution in [3.8, 4) is 5.69 Å². The predicted molar refractivity (Wildman–Crippen MR) is 140 cm³/mol. The molecular weight excluding hydrogens is 498 g/mol. The summed E-state index contributed by atoms with van der Waals surface area (Å²) >= 11 is 1.37. The number of aromatic nitrogens is 2. The number of carbonyl (C=O) groups excluding carboxylic acids is 2. The molecule has 2 aromatic carbocycles. The molecule has 0 spiro atoms. The Kier molecular flexibility index (Phi) is 7.99. The lowest BCUT2D eigenvalue weighted by Gasteiger charge is -2.24. The van der Waals surface area contributed by atoms with E-state index in [1.807, 2.05) is 26.8 Å². The van der Waals surface area contributed by atoms with Crippen molar-refractivity contribution in [2.45, 2.75) is 31.4 Å². The molecule has 1 aliphatic rings. The molecule has 1 aliphatic heterocycles. The van der Waals surface area contributed by atoms with Crippen molar-refractivity contribution in [1.29, 1.82) is 0 Å². The SMILES string of the molecule is COCCNC(=O)CN1C(=O)CS[C@H](c2cccc(F)c2)c2c(C(C)(C)C)nn(-c3ccc(F)cc3)c21. The number of anilines is 1. The number of methoxy groups -OCH3 is 1. The number of nitrogens with zero attached hydrogens (tertiary/aromatic N) is 3. The van der Waals surface area contributed by atoms with E-state index >= 15 is 0 Å². The maximum atomic E-state index is 14.3. The standard InChI is InChI=1S/C27H30F2N4O3S/c1-27(2,3)25-23-24(17-6-5-7-19(29)14-17)37-16-22(35)32(15-21(34)30-12-13-36-4)26(23)33(31-25)20-10-8-18(28)9-11-20/h5-11,14,24H,12-13,15-16H2,1-4H3,(H,30,34)/t24-/m1/s1. The molecule has 0 saturated carbocycles. The second-order valence-corrected chi connectivity index (χ2v) is 10.9. The first-order valence-electron chi connectivity index (χ1n) is 11.9. The minimum Gasteiger partial charge on any atom is -0.383 e. The largest absolute Gasteiger partial charge is 0.383 e. The molecule has 2 amide bonds. The first kappa shape index (κ1) is 26.8. The van der Waals surface area contributed by atoms with Crippen molar-refractivity contribution in [3.63, 3.8) is 0 Å². The highest BCUT2D eigenvalue weighted by atomic mass is 32.2. The Morgan fingerprint density at radius 2 is 1.89 bits per heavy atom. The Hall–Kier alpha value is -3.24. The molecule has 2 heterocycles. The third kappa shape index (κ3) is 5.86. The van der Waals surface area contributed by atoms with Crippen molar-refractivity contribution in [1.82, 2.24) is 15.1 Å². The summed E-state index contributed by atoms with van der Waals surface area (Å²) in [5.41, 5.74) is 2.20. The van der Waals surface area contributed by atoms with Crippen LogP contribution in [0.4, 0.5) is 14.6 Å². The van der Waals surface area contributed by atoms with E-state index in [2.05, 4.69) is 5.32 Å². The second-order valence-electron chi connectivity index (χ2n) is 9.79. The van der Waals surface area contributed by atoms with Crippen molar-refractivity contribution >= 4 is 29.4 Å². The average Bonchev–Trinajstić information content (AvgIpc) is 3.18. The lowest BCUT2D eigenvalue weighted by atomic mass is 9.87. The van der Waals surface area contributed by atoms with Gasteiger partial charge in [-0.1, -0.05) is 32.9 Å². The Morgan fingerprint density at radius 3 is 2.54 bits per heavy atom. The maximum Gasteiger partial charge on any atom is 0.240 e. The summed E-state index contributed by atoms with van der Waals surface area (Å²) in [5, 5.41) is 7.26. The lowest BCUT2D eigenvalue weighted by molar-refractivity contribution is -0.123. The van der Waals surface area contributed by atoms with Crippen LogP contribution >= 0.6 is 11.8 Å². The van der Waals surface area contributed by atoms with Gasteiger partial charge in [-0.25, -0.2) is 13.5 Å². The molecule has 1 aromatic heterocycles. The molecule has 4 rings (SSSR count). The van der Waals surface area contributed by atoms with Crippen LogP contribution in [0.2, 0.25) is 0 Å². The molecule has 1 atom stereocenters. The van der Waals surface area contributed by atoms with Gasteiger partial charge in [-0.05, 0) is 42.0 Å². The second kappa shape index (κ2) is 11.0. The molecule has 7 nitrogen and oxygen atoms in total. The zero-order valence-corrected chi connectivity index (χ0v) is 22.1. The summed E-state index contributed by atoms with van der Waals surface area (Å²) in [6.07, 6.45) is 0. The van der Waals surface area contributed by atoms with Gasteiger partial charge >= 0.3 is 0 Å². The van der Waals surface area contributed by atoms with E-state index < -0.39 is 16.5 Å². The molecular formula is C27H30F2N4O3S. The van der Waals surface area contributed by atoms with E-state index in [9.17, 15) is 18.4 Å². The quantitative estimate of drug-likeness (QED) is 0.461. The number of rotatable bonds is 7. The number of benzene rings is 2. The Bertz CT molecular complexity index is 1290. The number of thioether (sulfide) groups is 1. The topological polar surface area (TPSA) is 76.5 Å². The van der Waals surface area contributed by atoms with Gasteiger partial charge in [0.25, 0.3) is 0 Å². The minimum atomic E-state index is -0.457. The van der Waals surface area contributed by atoms with Gasteiger partial charge in [-0.2, -0.15) is 5.10 Å². The van der Waals surface area contributed by atoms with Crippen molar-refractivity contribution < 1.29 is 23.1 Å². The van der Waals surface area contributed by atoms with Crippen LogP contribution in [0.25, 0.3) is 5.69 Å². The number of halogens is 2. The van der Waals surface area contributed by atoms with Crippen LogP contribution in [0.3, 0.4) is 0 Å². The molecule has 37 heavy (non-hydrogen) atoms. The monoisotopic (exact) mass is 528 g/mol. The van der Waals surface area contributed by atoms with E-state index in [1.54, 1.807) is 22.9 Å². The van der Waals surface area contributed by atoms with Crippen molar-refractivity contribution in [2.24, 2.45) is 0 Å². The summed E-state index contributed by atoms with van der Waals surface area (Å²) < 4.78 is 34.7. The highest BCUT2D eigenvalue weighted by Crippen LogP contribution is 2.48. The highest BCUT2D eigenvalue weighted by molar-refractivity contribution is 8.00. The fourth-order valence-electron chi connectivity index (χ4n) is 4.26. The molecule has 0 fully saturated rings.